The van der Waals surface area contributed by atoms with Gasteiger partial charge >= 0.3 is 0 Å². The van der Waals surface area contributed by atoms with Crippen LogP contribution in [0, 0.1) is 5.92 Å². The first-order chi connectivity index (χ1) is 9.99. The van der Waals surface area contributed by atoms with Gasteiger partial charge in [0.25, 0.3) is 0 Å². The van der Waals surface area contributed by atoms with E-state index in [1.54, 1.807) is 11.3 Å². The summed E-state index contributed by atoms with van der Waals surface area (Å²) < 4.78 is 1.25. The highest BCUT2D eigenvalue weighted by molar-refractivity contribution is 7.18. The van der Waals surface area contributed by atoms with Gasteiger partial charge in [0.1, 0.15) is 0 Å². The molecule has 0 saturated carbocycles. The van der Waals surface area contributed by atoms with Crippen LogP contribution < -0.4 is 5.32 Å². The van der Waals surface area contributed by atoms with Gasteiger partial charge in [0, 0.05) is 12.0 Å². The van der Waals surface area contributed by atoms with Crippen LogP contribution in [0.3, 0.4) is 0 Å². The van der Waals surface area contributed by atoms with Gasteiger partial charge in [0.05, 0.1) is 21.3 Å². The Bertz CT molecular complexity index is 534. The van der Waals surface area contributed by atoms with Crippen LogP contribution in [0.4, 0.5) is 0 Å². The summed E-state index contributed by atoms with van der Waals surface area (Å²) in [6.45, 7) is 9.36. The van der Waals surface area contributed by atoms with E-state index in [-0.39, 0.29) is 6.10 Å². The summed E-state index contributed by atoms with van der Waals surface area (Å²) >= 11 is 1.78. The summed E-state index contributed by atoms with van der Waals surface area (Å²) in [7, 11) is 0. The number of hydrogen-bond donors (Lipinski definition) is 2. The third-order valence-corrected chi connectivity index (χ3v) is 5.36. The minimum absolute atomic E-state index is 0.220. The van der Waals surface area contributed by atoms with Gasteiger partial charge in [0.2, 0.25) is 0 Å². The topological polar surface area (TPSA) is 45.1 Å². The van der Waals surface area contributed by atoms with Crippen LogP contribution in [0.5, 0.6) is 0 Å². The van der Waals surface area contributed by atoms with Gasteiger partial charge in [-0.25, -0.2) is 4.98 Å². The highest BCUT2D eigenvalue weighted by Crippen LogP contribution is 2.29. The molecule has 3 unspecified atom stereocenters. The van der Waals surface area contributed by atoms with E-state index in [1.165, 1.54) is 9.71 Å². The highest BCUT2D eigenvalue weighted by atomic mass is 32.1. The maximum absolute atomic E-state index is 9.84. The fourth-order valence-electron chi connectivity index (χ4n) is 2.27. The van der Waals surface area contributed by atoms with E-state index in [9.17, 15) is 5.11 Å². The number of thiazole rings is 1. The molecular weight excluding hydrogens is 280 g/mol. The van der Waals surface area contributed by atoms with Crippen molar-refractivity contribution >= 4 is 21.6 Å². The lowest BCUT2D eigenvalue weighted by atomic mass is 10.0. The molecular formula is C17H26N2OS. The molecule has 0 saturated heterocycles. The molecule has 1 aromatic heterocycles. The van der Waals surface area contributed by atoms with Gasteiger partial charge < -0.3 is 10.4 Å². The summed E-state index contributed by atoms with van der Waals surface area (Å²) in [5, 5.41) is 14.5. The van der Waals surface area contributed by atoms with Crippen LogP contribution in [-0.2, 0) is 0 Å². The fraction of sp³-hybridized carbons (Fsp3) is 0.588. The molecule has 0 amide bonds. The van der Waals surface area contributed by atoms with Gasteiger partial charge in [-0.05, 0) is 37.9 Å². The predicted molar refractivity (Wildman–Crippen MR) is 91.0 cm³/mol. The Morgan fingerprint density at radius 2 is 1.90 bits per heavy atom. The van der Waals surface area contributed by atoms with Crippen molar-refractivity contribution in [3.8, 4) is 0 Å². The molecule has 1 heterocycles. The van der Waals surface area contributed by atoms with Gasteiger partial charge in [-0.1, -0.05) is 32.9 Å². The zero-order valence-corrected chi connectivity index (χ0v) is 14.2. The number of benzene rings is 1. The molecule has 0 fully saturated rings. The number of para-hydroxylation sites is 1. The van der Waals surface area contributed by atoms with Gasteiger partial charge in [0.15, 0.2) is 0 Å². The van der Waals surface area contributed by atoms with Gasteiger partial charge in [-0.3, -0.25) is 0 Å². The maximum atomic E-state index is 9.84. The van der Waals surface area contributed by atoms with Crippen molar-refractivity contribution in [2.45, 2.75) is 52.2 Å². The maximum Gasteiger partial charge on any atom is 0.0982 e. The molecule has 0 radical (unpaired) electrons. The first-order valence-corrected chi connectivity index (χ1v) is 8.57. The Morgan fingerprint density at radius 3 is 2.57 bits per heavy atom. The Kier molecular flexibility index (Phi) is 5.73. The number of fused-ring (bicyclic) bond motifs is 1. The number of nitrogens with one attached hydrogen (secondary N) is 1. The summed E-state index contributed by atoms with van der Waals surface area (Å²) in [5.41, 5.74) is 1.09. The zero-order valence-electron chi connectivity index (χ0n) is 13.3. The summed E-state index contributed by atoms with van der Waals surface area (Å²) in [6.07, 6.45) is 0.580. The molecule has 3 atom stereocenters. The predicted octanol–water partition coefficient (Wildman–Crippen LogP) is 3.78. The second-order valence-electron chi connectivity index (χ2n) is 6.15. The van der Waals surface area contributed by atoms with Crippen molar-refractivity contribution < 1.29 is 5.11 Å². The van der Waals surface area contributed by atoms with E-state index >= 15 is 0 Å². The Morgan fingerprint density at radius 1 is 1.19 bits per heavy atom. The van der Waals surface area contributed by atoms with E-state index in [0.717, 1.165) is 18.5 Å². The highest BCUT2D eigenvalue weighted by Gasteiger charge is 2.18. The number of rotatable bonds is 7. The van der Waals surface area contributed by atoms with Crippen molar-refractivity contribution in [2.24, 2.45) is 5.92 Å². The lowest BCUT2D eigenvalue weighted by Gasteiger charge is -2.21. The monoisotopic (exact) mass is 306 g/mol. The van der Waals surface area contributed by atoms with E-state index < -0.39 is 0 Å². The Labute approximate surface area is 131 Å². The largest absolute Gasteiger partial charge is 0.393 e. The number of aliphatic hydroxyl groups excluding tert-OH is 1. The van der Waals surface area contributed by atoms with E-state index in [2.05, 4.69) is 51.2 Å². The minimum atomic E-state index is -0.220. The lowest BCUT2D eigenvalue weighted by molar-refractivity contribution is 0.115. The quantitative estimate of drug-likeness (QED) is 0.818. The summed E-state index contributed by atoms with van der Waals surface area (Å²) in [4.78, 5) is 4.73. The summed E-state index contributed by atoms with van der Waals surface area (Å²) in [5.74, 6) is 0.697. The average Bonchev–Trinajstić information content (AvgIpc) is 2.89. The van der Waals surface area contributed by atoms with E-state index in [0.29, 0.717) is 17.9 Å². The van der Waals surface area contributed by atoms with Crippen LogP contribution in [0.25, 0.3) is 10.2 Å². The van der Waals surface area contributed by atoms with Gasteiger partial charge in [-0.15, -0.1) is 11.3 Å². The fourth-order valence-corrected chi connectivity index (χ4v) is 3.39. The van der Waals surface area contributed by atoms with Crippen LogP contribution in [-0.4, -0.2) is 28.8 Å². The smallest absolute Gasteiger partial charge is 0.0982 e. The third-order valence-electron chi connectivity index (χ3n) is 4.13. The van der Waals surface area contributed by atoms with Crippen molar-refractivity contribution in [1.82, 2.24) is 10.3 Å². The van der Waals surface area contributed by atoms with Crippen molar-refractivity contribution in [3.63, 3.8) is 0 Å². The summed E-state index contributed by atoms with van der Waals surface area (Å²) in [6, 6.07) is 8.64. The normalized spacial score (nSPS) is 16.3. The average molecular weight is 306 g/mol. The molecule has 4 heteroatoms. The SMILES string of the molecule is CC(C)C(O)CCNC(C)C(C)c1nc2ccccc2s1. The molecule has 1 aromatic carbocycles. The van der Waals surface area contributed by atoms with Crippen LogP contribution in [0.15, 0.2) is 24.3 Å². The first-order valence-electron chi connectivity index (χ1n) is 7.76. The molecule has 2 aromatic rings. The van der Waals surface area contributed by atoms with Crippen molar-refractivity contribution in [3.05, 3.63) is 29.3 Å². The number of aliphatic hydroxyl groups is 1. The van der Waals surface area contributed by atoms with E-state index in [1.807, 2.05) is 6.07 Å². The molecule has 3 nitrogen and oxygen atoms in total. The number of hydrogen-bond acceptors (Lipinski definition) is 4. The molecule has 116 valence electrons. The number of aromatic nitrogens is 1. The molecule has 21 heavy (non-hydrogen) atoms. The molecule has 0 aliphatic carbocycles. The van der Waals surface area contributed by atoms with Crippen molar-refractivity contribution in [1.29, 1.82) is 0 Å². The van der Waals surface area contributed by atoms with E-state index in [4.69, 9.17) is 4.98 Å². The lowest BCUT2D eigenvalue weighted by Crippen LogP contribution is -2.33. The standard InChI is InChI=1S/C17H26N2OS/c1-11(2)15(20)9-10-18-13(4)12(3)17-19-14-7-5-6-8-16(14)21-17/h5-8,11-13,15,18,20H,9-10H2,1-4H3. The Balaban J connectivity index is 1.91. The Hall–Kier alpha value is -0.970. The van der Waals surface area contributed by atoms with Crippen LogP contribution in [0.2, 0.25) is 0 Å². The van der Waals surface area contributed by atoms with Gasteiger partial charge in [-0.2, -0.15) is 0 Å². The van der Waals surface area contributed by atoms with Crippen LogP contribution in [0.1, 0.15) is 45.0 Å². The van der Waals surface area contributed by atoms with Crippen LogP contribution >= 0.6 is 11.3 Å². The second kappa shape index (κ2) is 7.34. The molecule has 2 rings (SSSR count). The third kappa shape index (κ3) is 4.25. The second-order valence-corrected chi connectivity index (χ2v) is 7.21. The molecule has 2 N–H and O–H groups in total. The molecule has 0 spiro atoms. The molecule has 0 aliphatic rings. The molecule has 0 aliphatic heterocycles. The molecule has 0 bridgehead atoms. The number of nitrogens with zero attached hydrogens (tertiary/aromatic N) is 1. The minimum Gasteiger partial charge on any atom is -0.393 e. The first kappa shape index (κ1) is 16.4. The van der Waals surface area contributed by atoms with Crippen molar-refractivity contribution in [2.75, 3.05) is 6.54 Å². The zero-order chi connectivity index (χ0) is 15.4.